The Hall–Kier alpha value is -3.69. The van der Waals surface area contributed by atoms with Crippen LogP contribution in [0.2, 0.25) is 0 Å². The summed E-state index contributed by atoms with van der Waals surface area (Å²) in [6.45, 7) is 0.915. The second-order valence-corrected chi connectivity index (χ2v) is 8.84. The average Bonchev–Trinajstić information content (AvgIpc) is 3.58. The summed E-state index contributed by atoms with van der Waals surface area (Å²) < 4.78 is 7.54. The molecule has 6 rings (SSSR count). The molecular weight excluding hydrogens is 420 g/mol. The van der Waals surface area contributed by atoms with E-state index < -0.39 is 0 Å². The smallest absolute Gasteiger partial charge is 0.228 e. The first-order valence-electron chi connectivity index (χ1n) is 11.5. The van der Waals surface area contributed by atoms with E-state index in [1.54, 1.807) is 13.4 Å². The Morgan fingerprint density at radius 3 is 2.85 bits per heavy atom. The van der Waals surface area contributed by atoms with E-state index in [2.05, 4.69) is 30.4 Å². The average molecular weight is 447 g/mol. The maximum atomic E-state index is 12.1. The van der Waals surface area contributed by atoms with Crippen molar-refractivity contribution >= 4 is 28.5 Å². The number of rotatable bonds is 5. The summed E-state index contributed by atoms with van der Waals surface area (Å²) in [7, 11) is 1.63. The fourth-order valence-corrected chi connectivity index (χ4v) is 5.20. The molecule has 2 N–H and O–H groups in total. The van der Waals surface area contributed by atoms with Gasteiger partial charge in [0.05, 0.1) is 12.5 Å². The van der Waals surface area contributed by atoms with Crippen LogP contribution >= 0.6 is 0 Å². The molecule has 0 unspecified atom stereocenters. The van der Waals surface area contributed by atoms with E-state index >= 15 is 0 Å². The molecule has 2 aliphatic rings. The molecule has 0 aromatic carbocycles. The second kappa shape index (κ2) is 8.02. The van der Waals surface area contributed by atoms with Crippen LogP contribution in [0.4, 0.5) is 5.95 Å². The predicted molar refractivity (Wildman–Crippen MR) is 123 cm³/mol. The van der Waals surface area contributed by atoms with Gasteiger partial charge < -0.3 is 19.9 Å². The van der Waals surface area contributed by atoms with Crippen LogP contribution in [-0.4, -0.2) is 66.1 Å². The lowest BCUT2D eigenvalue weighted by atomic mass is 9.90. The number of ether oxygens (including phenoxy) is 1. The molecule has 4 aromatic heterocycles. The lowest BCUT2D eigenvalue weighted by Gasteiger charge is -2.34. The van der Waals surface area contributed by atoms with Gasteiger partial charge in [-0.1, -0.05) is 0 Å². The standard InChI is InChI=1S/C23H26N8O2/c1-33-22-20-17(14-4-9-18-29-25-13-30(18)12-14)11-24-21(20)27-23(28-22)26-15-5-7-16(8-6-15)31-10-2-3-19(31)32/h4,9,11-13,15-16H,2-3,5-8,10H2,1H3,(H2,24,26,27,28). The van der Waals surface area contributed by atoms with Crippen LogP contribution in [0.25, 0.3) is 27.8 Å². The zero-order valence-electron chi connectivity index (χ0n) is 18.5. The Labute approximate surface area is 190 Å². The molecule has 1 saturated carbocycles. The van der Waals surface area contributed by atoms with Crippen molar-refractivity contribution < 1.29 is 9.53 Å². The van der Waals surface area contributed by atoms with Crippen molar-refractivity contribution in [2.75, 3.05) is 19.0 Å². The Bertz CT molecular complexity index is 1320. The molecule has 4 aromatic rings. The van der Waals surface area contributed by atoms with Gasteiger partial charge in [0.15, 0.2) is 5.65 Å². The number of hydrogen-bond donors (Lipinski definition) is 2. The van der Waals surface area contributed by atoms with Crippen molar-refractivity contribution in [1.29, 1.82) is 0 Å². The van der Waals surface area contributed by atoms with Crippen molar-refractivity contribution in [3.05, 3.63) is 30.9 Å². The highest BCUT2D eigenvalue weighted by Crippen LogP contribution is 2.35. The number of amides is 1. The van der Waals surface area contributed by atoms with Crippen molar-refractivity contribution in [3.8, 4) is 17.0 Å². The van der Waals surface area contributed by atoms with E-state index in [9.17, 15) is 4.79 Å². The predicted octanol–water partition coefficient (Wildman–Crippen LogP) is 3.02. The number of aromatic amines is 1. The molecule has 10 heteroatoms. The fourth-order valence-electron chi connectivity index (χ4n) is 5.20. The number of fused-ring (bicyclic) bond motifs is 2. The van der Waals surface area contributed by atoms with Gasteiger partial charge in [0.1, 0.15) is 12.0 Å². The highest BCUT2D eigenvalue weighted by atomic mass is 16.5. The molecule has 0 radical (unpaired) electrons. The number of carbonyl (C=O) groups excluding carboxylic acids is 1. The van der Waals surface area contributed by atoms with Gasteiger partial charge in [-0.25, -0.2) is 0 Å². The second-order valence-electron chi connectivity index (χ2n) is 8.84. The Morgan fingerprint density at radius 1 is 1.18 bits per heavy atom. The number of hydrogen-bond acceptors (Lipinski definition) is 7. The lowest BCUT2D eigenvalue weighted by Crippen LogP contribution is -2.41. The maximum absolute atomic E-state index is 12.1. The summed E-state index contributed by atoms with van der Waals surface area (Å²) in [5.74, 6) is 1.40. The highest BCUT2D eigenvalue weighted by molar-refractivity contribution is 5.97. The zero-order chi connectivity index (χ0) is 22.4. The maximum Gasteiger partial charge on any atom is 0.228 e. The third-order valence-electron chi connectivity index (χ3n) is 6.87. The number of pyridine rings is 1. The Morgan fingerprint density at radius 2 is 2.06 bits per heavy atom. The van der Waals surface area contributed by atoms with Gasteiger partial charge >= 0.3 is 0 Å². The topological polar surface area (TPSA) is 113 Å². The summed E-state index contributed by atoms with van der Waals surface area (Å²) >= 11 is 0. The molecule has 0 spiro atoms. The van der Waals surface area contributed by atoms with E-state index in [1.807, 2.05) is 28.9 Å². The number of likely N-dealkylation sites (tertiary alicyclic amines) is 1. The normalized spacial score (nSPS) is 21.2. The Kier molecular flexibility index (Phi) is 4.85. The van der Waals surface area contributed by atoms with Crippen LogP contribution in [0.1, 0.15) is 38.5 Å². The van der Waals surface area contributed by atoms with Gasteiger partial charge in [0.2, 0.25) is 17.7 Å². The Balaban J connectivity index is 1.23. The molecule has 1 aliphatic heterocycles. The van der Waals surface area contributed by atoms with Crippen LogP contribution in [0, 0.1) is 0 Å². The first-order chi connectivity index (χ1) is 16.2. The van der Waals surface area contributed by atoms with Gasteiger partial charge in [0.25, 0.3) is 0 Å². The molecule has 33 heavy (non-hydrogen) atoms. The molecular formula is C23H26N8O2. The first-order valence-corrected chi connectivity index (χ1v) is 11.5. The van der Waals surface area contributed by atoms with Crippen molar-refractivity contribution in [2.24, 2.45) is 0 Å². The molecule has 170 valence electrons. The van der Waals surface area contributed by atoms with E-state index in [0.29, 0.717) is 30.2 Å². The number of nitrogens with zero attached hydrogens (tertiary/aromatic N) is 6. The summed E-state index contributed by atoms with van der Waals surface area (Å²) in [5.41, 5.74) is 3.46. The summed E-state index contributed by atoms with van der Waals surface area (Å²) in [5, 5.41) is 12.3. The zero-order valence-corrected chi connectivity index (χ0v) is 18.5. The quantitative estimate of drug-likeness (QED) is 0.484. The number of nitrogens with one attached hydrogen (secondary N) is 2. The largest absolute Gasteiger partial charge is 0.480 e. The number of carbonyl (C=O) groups is 1. The number of methoxy groups -OCH3 is 1. The number of anilines is 1. The molecule has 10 nitrogen and oxygen atoms in total. The van der Waals surface area contributed by atoms with Gasteiger partial charge in [-0.15, -0.1) is 10.2 Å². The van der Waals surface area contributed by atoms with Crippen LogP contribution in [0.15, 0.2) is 30.9 Å². The fraction of sp³-hybridized carbons (Fsp3) is 0.435. The SMILES string of the molecule is COc1nc(NC2CCC(N3CCCC3=O)CC2)nc2[nH]cc(-c3ccc4nncn4c3)c12. The molecule has 0 bridgehead atoms. The van der Waals surface area contributed by atoms with E-state index in [1.165, 1.54) is 0 Å². The molecule has 0 atom stereocenters. The molecule has 1 aliphatic carbocycles. The van der Waals surface area contributed by atoms with Crippen molar-refractivity contribution in [2.45, 2.75) is 50.6 Å². The first kappa shape index (κ1) is 20.0. The van der Waals surface area contributed by atoms with Crippen LogP contribution < -0.4 is 10.1 Å². The molecule has 1 amide bonds. The monoisotopic (exact) mass is 446 g/mol. The summed E-state index contributed by atoms with van der Waals surface area (Å²) in [4.78, 5) is 26.8. The van der Waals surface area contributed by atoms with Crippen molar-refractivity contribution in [1.82, 2.24) is 34.4 Å². The third-order valence-corrected chi connectivity index (χ3v) is 6.87. The van der Waals surface area contributed by atoms with E-state index in [-0.39, 0.29) is 6.04 Å². The van der Waals surface area contributed by atoms with Gasteiger partial charge in [0, 0.05) is 48.6 Å². The summed E-state index contributed by atoms with van der Waals surface area (Å²) in [6, 6.07) is 4.59. The molecule has 5 heterocycles. The van der Waals surface area contributed by atoms with Crippen LogP contribution in [0.3, 0.4) is 0 Å². The van der Waals surface area contributed by atoms with Crippen LogP contribution in [-0.2, 0) is 4.79 Å². The van der Waals surface area contributed by atoms with Crippen LogP contribution in [0.5, 0.6) is 5.88 Å². The van der Waals surface area contributed by atoms with Gasteiger partial charge in [-0.3, -0.25) is 9.20 Å². The highest BCUT2D eigenvalue weighted by Gasteiger charge is 2.31. The number of aromatic nitrogens is 6. The van der Waals surface area contributed by atoms with E-state index in [0.717, 1.165) is 66.5 Å². The van der Waals surface area contributed by atoms with Gasteiger partial charge in [-0.05, 0) is 44.2 Å². The van der Waals surface area contributed by atoms with Gasteiger partial charge in [-0.2, -0.15) is 9.97 Å². The minimum atomic E-state index is 0.284. The van der Waals surface area contributed by atoms with Crippen molar-refractivity contribution in [3.63, 3.8) is 0 Å². The minimum absolute atomic E-state index is 0.284. The summed E-state index contributed by atoms with van der Waals surface area (Å²) in [6.07, 6.45) is 11.3. The minimum Gasteiger partial charge on any atom is -0.480 e. The number of H-pyrrole nitrogens is 1. The third kappa shape index (κ3) is 3.55. The van der Waals surface area contributed by atoms with E-state index in [4.69, 9.17) is 9.72 Å². The molecule has 2 fully saturated rings. The lowest BCUT2D eigenvalue weighted by molar-refractivity contribution is -0.130. The molecule has 1 saturated heterocycles.